The van der Waals surface area contributed by atoms with Gasteiger partial charge in [0.1, 0.15) is 13.2 Å². The molecule has 1 amide bonds. The molecule has 1 unspecified atom stereocenters. The van der Waals surface area contributed by atoms with Gasteiger partial charge in [0.25, 0.3) is 5.89 Å². The summed E-state index contributed by atoms with van der Waals surface area (Å²) in [6.07, 6.45) is 0.349. The van der Waals surface area contributed by atoms with Gasteiger partial charge < -0.3 is 18.9 Å². The van der Waals surface area contributed by atoms with Gasteiger partial charge in [-0.2, -0.15) is 4.98 Å². The van der Waals surface area contributed by atoms with Crippen LogP contribution in [0.5, 0.6) is 11.5 Å². The number of ether oxygens (including phenoxy) is 2. The summed E-state index contributed by atoms with van der Waals surface area (Å²) in [7, 11) is 0. The largest absolute Gasteiger partial charge is 0.486 e. The number of anilines is 1. The highest BCUT2D eigenvalue weighted by atomic mass is 16.6. The second-order valence-electron chi connectivity index (χ2n) is 6.56. The van der Waals surface area contributed by atoms with Crippen LogP contribution in [0.2, 0.25) is 0 Å². The maximum Gasteiger partial charge on any atom is 0.257 e. The van der Waals surface area contributed by atoms with Crippen LogP contribution in [-0.2, 0) is 4.79 Å². The molecule has 27 heavy (non-hydrogen) atoms. The van der Waals surface area contributed by atoms with Crippen LogP contribution in [0.15, 0.2) is 53.1 Å². The Kier molecular flexibility index (Phi) is 3.78. The number of hydrogen-bond acceptors (Lipinski definition) is 6. The number of hydrogen-bond donors (Lipinski definition) is 0. The highest BCUT2D eigenvalue weighted by Crippen LogP contribution is 2.37. The van der Waals surface area contributed by atoms with Gasteiger partial charge >= 0.3 is 0 Å². The number of fused-ring (bicyclic) bond motifs is 1. The Morgan fingerprint density at radius 1 is 1.00 bits per heavy atom. The van der Waals surface area contributed by atoms with Crippen LogP contribution in [0.25, 0.3) is 11.5 Å². The minimum Gasteiger partial charge on any atom is -0.486 e. The Balaban J connectivity index is 1.37. The number of nitrogens with zero attached hydrogens (tertiary/aromatic N) is 3. The predicted octanol–water partition coefficient (Wildman–Crippen LogP) is 3.03. The number of amides is 1. The summed E-state index contributed by atoms with van der Waals surface area (Å²) in [6, 6.07) is 15.2. The van der Waals surface area contributed by atoms with Crippen LogP contribution in [-0.4, -0.2) is 35.8 Å². The molecule has 136 valence electrons. The first-order valence-corrected chi connectivity index (χ1v) is 8.87. The van der Waals surface area contributed by atoms with Crippen molar-refractivity contribution in [3.05, 3.63) is 54.4 Å². The number of carbonyl (C=O) groups is 1. The molecule has 2 aromatic carbocycles. The fraction of sp³-hybridized carbons (Fsp3) is 0.250. The molecule has 3 heterocycles. The zero-order chi connectivity index (χ0) is 18.2. The van der Waals surface area contributed by atoms with Crippen molar-refractivity contribution in [2.45, 2.75) is 12.3 Å². The molecule has 0 aliphatic carbocycles. The Morgan fingerprint density at radius 3 is 2.67 bits per heavy atom. The minimum absolute atomic E-state index is 0.0303. The molecule has 2 aliphatic rings. The lowest BCUT2D eigenvalue weighted by molar-refractivity contribution is -0.117. The molecule has 1 saturated heterocycles. The van der Waals surface area contributed by atoms with E-state index >= 15 is 0 Å². The lowest BCUT2D eigenvalue weighted by Crippen LogP contribution is -2.25. The molecule has 0 saturated carbocycles. The second kappa shape index (κ2) is 6.42. The van der Waals surface area contributed by atoms with Crippen LogP contribution in [0.1, 0.15) is 18.2 Å². The normalized spacial score (nSPS) is 18.7. The van der Waals surface area contributed by atoms with Crippen LogP contribution in [0.3, 0.4) is 0 Å². The summed E-state index contributed by atoms with van der Waals surface area (Å²) >= 11 is 0. The van der Waals surface area contributed by atoms with Crippen LogP contribution < -0.4 is 14.4 Å². The summed E-state index contributed by atoms with van der Waals surface area (Å²) in [5, 5.41) is 4.10. The average molecular weight is 363 g/mol. The van der Waals surface area contributed by atoms with E-state index in [1.54, 1.807) is 4.90 Å². The summed E-state index contributed by atoms with van der Waals surface area (Å²) in [4.78, 5) is 18.8. The van der Waals surface area contributed by atoms with E-state index in [4.69, 9.17) is 14.0 Å². The fourth-order valence-corrected chi connectivity index (χ4v) is 3.43. The molecule has 0 radical (unpaired) electrons. The molecule has 0 bridgehead atoms. The van der Waals surface area contributed by atoms with Crippen LogP contribution >= 0.6 is 0 Å². The molecule has 1 fully saturated rings. The van der Waals surface area contributed by atoms with E-state index in [2.05, 4.69) is 10.1 Å². The van der Waals surface area contributed by atoms with Gasteiger partial charge in [-0.25, -0.2) is 0 Å². The SMILES string of the molecule is O=C1CC(c2noc(-c3ccccc3)n2)CN1c1ccc2c(c1)OCCO2. The monoisotopic (exact) mass is 363 g/mol. The summed E-state index contributed by atoms with van der Waals surface area (Å²) in [5.74, 6) is 2.33. The highest BCUT2D eigenvalue weighted by molar-refractivity contribution is 5.96. The maximum absolute atomic E-state index is 12.6. The Hall–Kier alpha value is -3.35. The molecular weight excluding hydrogens is 346 g/mol. The van der Waals surface area contributed by atoms with Gasteiger partial charge in [0, 0.05) is 36.2 Å². The Bertz CT molecular complexity index is 986. The van der Waals surface area contributed by atoms with Gasteiger partial charge in [0.15, 0.2) is 17.3 Å². The summed E-state index contributed by atoms with van der Waals surface area (Å²) in [6.45, 7) is 1.56. The van der Waals surface area contributed by atoms with Crippen LogP contribution in [0.4, 0.5) is 5.69 Å². The number of benzene rings is 2. The van der Waals surface area contributed by atoms with E-state index in [-0.39, 0.29) is 11.8 Å². The summed E-state index contributed by atoms with van der Waals surface area (Å²) < 4.78 is 16.5. The number of carbonyl (C=O) groups excluding carboxylic acids is 1. The minimum atomic E-state index is -0.105. The van der Waals surface area contributed by atoms with Gasteiger partial charge in [0.05, 0.1) is 0 Å². The van der Waals surface area contributed by atoms with Crippen molar-refractivity contribution in [1.82, 2.24) is 10.1 Å². The third-order valence-corrected chi connectivity index (χ3v) is 4.79. The van der Waals surface area contributed by atoms with E-state index in [9.17, 15) is 4.79 Å². The van der Waals surface area contributed by atoms with Crippen LogP contribution in [0, 0.1) is 0 Å². The van der Waals surface area contributed by atoms with Crippen molar-refractivity contribution in [1.29, 1.82) is 0 Å². The number of aromatic nitrogens is 2. The second-order valence-corrected chi connectivity index (χ2v) is 6.56. The fourth-order valence-electron chi connectivity index (χ4n) is 3.43. The first-order valence-electron chi connectivity index (χ1n) is 8.87. The smallest absolute Gasteiger partial charge is 0.257 e. The van der Waals surface area contributed by atoms with Crippen molar-refractivity contribution in [2.75, 3.05) is 24.7 Å². The van der Waals surface area contributed by atoms with Crippen molar-refractivity contribution >= 4 is 11.6 Å². The van der Waals surface area contributed by atoms with E-state index in [0.29, 0.717) is 49.4 Å². The predicted molar refractivity (Wildman–Crippen MR) is 96.9 cm³/mol. The maximum atomic E-state index is 12.6. The quantitative estimate of drug-likeness (QED) is 0.712. The topological polar surface area (TPSA) is 77.7 Å². The van der Waals surface area contributed by atoms with Crippen molar-refractivity contribution in [3.8, 4) is 23.0 Å². The zero-order valence-electron chi connectivity index (χ0n) is 14.5. The molecule has 7 nitrogen and oxygen atoms in total. The molecule has 5 rings (SSSR count). The molecule has 1 aromatic heterocycles. The number of rotatable bonds is 3. The lowest BCUT2D eigenvalue weighted by atomic mass is 10.1. The van der Waals surface area contributed by atoms with Gasteiger partial charge in [-0.1, -0.05) is 23.4 Å². The molecule has 3 aromatic rings. The molecular formula is C20H17N3O4. The molecule has 0 N–H and O–H groups in total. The summed E-state index contributed by atoms with van der Waals surface area (Å²) in [5.41, 5.74) is 1.66. The van der Waals surface area contributed by atoms with Gasteiger partial charge in [0.2, 0.25) is 5.91 Å². The Morgan fingerprint density at radius 2 is 1.81 bits per heavy atom. The van der Waals surface area contributed by atoms with Gasteiger partial charge in [-0.15, -0.1) is 0 Å². The zero-order valence-corrected chi connectivity index (χ0v) is 14.5. The third-order valence-electron chi connectivity index (χ3n) is 4.79. The highest BCUT2D eigenvalue weighted by Gasteiger charge is 2.35. The van der Waals surface area contributed by atoms with Gasteiger partial charge in [-0.3, -0.25) is 4.79 Å². The first-order chi connectivity index (χ1) is 13.3. The first kappa shape index (κ1) is 15.9. The van der Waals surface area contributed by atoms with Crippen molar-refractivity contribution in [3.63, 3.8) is 0 Å². The molecule has 1 atom stereocenters. The molecule has 7 heteroatoms. The van der Waals surface area contributed by atoms with E-state index in [0.717, 1.165) is 11.3 Å². The average Bonchev–Trinajstić information content (AvgIpc) is 3.35. The molecule has 0 spiro atoms. The standard InChI is InChI=1S/C20H17N3O4/c24-18-10-14(19-21-20(27-22-19)13-4-2-1-3-5-13)12-23(18)15-6-7-16-17(11-15)26-9-8-25-16/h1-7,11,14H,8-10,12H2. The van der Waals surface area contributed by atoms with Gasteiger partial charge in [-0.05, 0) is 24.3 Å². The van der Waals surface area contributed by atoms with E-state index in [1.165, 1.54) is 0 Å². The lowest BCUT2D eigenvalue weighted by Gasteiger charge is -2.22. The van der Waals surface area contributed by atoms with E-state index in [1.807, 2.05) is 48.5 Å². The van der Waals surface area contributed by atoms with Crippen molar-refractivity contribution in [2.24, 2.45) is 0 Å². The third kappa shape index (κ3) is 2.91. The Labute approximate surface area is 155 Å². The van der Waals surface area contributed by atoms with Crippen molar-refractivity contribution < 1.29 is 18.8 Å². The van der Waals surface area contributed by atoms with E-state index < -0.39 is 0 Å². The molecule has 2 aliphatic heterocycles.